The summed E-state index contributed by atoms with van der Waals surface area (Å²) in [6.45, 7) is 7.63. The van der Waals surface area contributed by atoms with Gasteiger partial charge in [-0.25, -0.2) is 0 Å². The van der Waals surface area contributed by atoms with Crippen molar-refractivity contribution in [1.82, 2.24) is 0 Å². The minimum absolute atomic E-state index is 0. The molecule has 0 saturated carbocycles. The van der Waals surface area contributed by atoms with Crippen molar-refractivity contribution < 1.29 is 46.6 Å². The van der Waals surface area contributed by atoms with E-state index in [1.54, 1.807) is 20.8 Å². The third-order valence-corrected chi connectivity index (χ3v) is 0.591. The fourth-order valence-corrected chi connectivity index (χ4v) is 0.278. The smallest absolute Gasteiger partial charge is 0.0402 e. The van der Waals surface area contributed by atoms with Crippen LogP contribution in [-0.4, -0.2) is 47.2 Å². The first-order chi connectivity index (χ1) is 7.55. The molecular formula is C11H25O5Ti-. The second kappa shape index (κ2) is 44.5. The zero-order valence-corrected chi connectivity index (χ0v) is 12.8. The number of rotatable bonds is 3. The topological polar surface area (TPSA) is 94.8 Å². The molecule has 3 N–H and O–H groups in total. The van der Waals surface area contributed by atoms with Crippen molar-refractivity contribution in [3.8, 4) is 0 Å². The van der Waals surface area contributed by atoms with E-state index in [0.717, 1.165) is 6.42 Å². The molecule has 0 aliphatic rings. The van der Waals surface area contributed by atoms with E-state index in [2.05, 4.69) is 0 Å². The second-order valence-electron chi connectivity index (χ2n) is 2.22. The van der Waals surface area contributed by atoms with Gasteiger partial charge in [0.25, 0.3) is 0 Å². The summed E-state index contributed by atoms with van der Waals surface area (Å²) >= 11 is 0. The summed E-state index contributed by atoms with van der Waals surface area (Å²) in [5.41, 5.74) is 0. The van der Waals surface area contributed by atoms with E-state index < -0.39 is 5.78 Å². The zero-order chi connectivity index (χ0) is 13.8. The number of Topliss-reactive ketones (excluding diaryl/α,β-unsaturated/α-hetero) is 1. The molecule has 5 nitrogen and oxygen atoms in total. The fourth-order valence-electron chi connectivity index (χ4n) is 0.278. The maximum Gasteiger partial charge on any atom is 0.0402 e. The Balaban J connectivity index is -0.0000000411. The number of carbonyl (C=O) groups excluding carboxylic acids is 2. The van der Waals surface area contributed by atoms with Crippen LogP contribution in [0.25, 0.3) is 0 Å². The second-order valence-corrected chi connectivity index (χ2v) is 2.22. The summed E-state index contributed by atoms with van der Waals surface area (Å²) in [4.78, 5) is 19.4. The normalized spacial score (nSPS) is 6.53. The first kappa shape index (κ1) is 30.2. The number of aliphatic hydroxyl groups is 3. The summed E-state index contributed by atoms with van der Waals surface area (Å²) in [5, 5.41) is 22.7. The molecule has 0 aliphatic heterocycles. The van der Waals surface area contributed by atoms with Crippen molar-refractivity contribution in [2.45, 2.75) is 40.5 Å². The van der Waals surface area contributed by atoms with Crippen LogP contribution >= 0.6 is 0 Å². The Morgan fingerprint density at radius 2 is 1.18 bits per heavy atom. The van der Waals surface area contributed by atoms with E-state index in [9.17, 15) is 9.59 Å². The molecule has 0 radical (unpaired) electrons. The van der Waals surface area contributed by atoms with Crippen molar-refractivity contribution in [3.63, 3.8) is 0 Å². The first-order valence-electron chi connectivity index (χ1n) is 5.29. The molecule has 0 unspecified atom stereocenters. The molecule has 0 rings (SSSR count). The van der Waals surface area contributed by atoms with Gasteiger partial charge < -0.3 is 24.9 Å². The van der Waals surface area contributed by atoms with Crippen molar-refractivity contribution in [2.24, 2.45) is 0 Å². The Labute approximate surface area is 119 Å². The van der Waals surface area contributed by atoms with Crippen LogP contribution in [0.2, 0.25) is 0 Å². The Morgan fingerprint density at radius 1 is 0.941 bits per heavy atom. The molecule has 0 amide bonds. The maximum absolute atomic E-state index is 9.99. The quantitative estimate of drug-likeness (QED) is 0.398. The van der Waals surface area contributed by atoms with Gasteiger partial charge in [0.05, 0.1) is 0 Å². The van der Waals surface area contributed by atoms with Gasteiger partial charge >= 0.3 is 0 Å². The van der Waals surface area contributed by atoms with Crippen molar-refractivity contribution in [3.05, 3.63) is 0 Å². The molecule has 0 saturated heterocycles. The fraction of sp³-hybridized carbons (Fsp3) is 0.818. The number of hydrogen-bond acceptors (Lipinski definition) is 5. The van der Waals surface area contributed by atoms with Crippen LogP contribution in [0.4, 0.5) is 0 Å². The predicted molar refractivity (Wildman–Crippen MR) is 63.9 cm³/mol. The SMILES string of the molecule is CCCC(=O)[C-]=O.CCO.CCO.CCO.[Ti]. The monoisotopic (exact) mass is 285 g/mol. The van der Waals surface area contributed by atoms with E-state index in [1.807, 2.05) is 6.92 Å². The summed E-state index contributed by atoms with van der Waals surface area (Å²) in [7, 11) is 0. The van der Waals surface area contributed by atoms with Crippen LogP contribution in [0.1, 0.15) is 40.5 Å². The number of aliphatic hydroxyl groups excluding tert-OH is 3. The van der Waals surface area contributed by atoms with E-state index in [4.69, 9.17) is 15.3 Å². The van der Waals surface area contributed by atoms with Crippen LogP contribution in [-0.2, 0) is 31.3 Å². The van der Waals surface area contributed by atoms with Crippen LogP contribution in [0.15, 0.2) is 0 Å². The van der Waals surface area contributed by atoms with E-state index in [-0.39, 0.29) is 41.5 Å². The molecule has 0 aromatic heterocycles. The minimum Gasteiger partial charge on any atom is -0.534 e. The Morgan fingerprint density at radius 3 is 1.24 bits per heavy atom. The molecule has 0 atom stereocenters. The van der Waals surface area contributed by atoms with Crippen LogP contribution in [0.5, 0.6) is 0 Å². The van der Waals surface area contributed by atoms with Gasteiger partial charge in [-0.1, -0.05) is 13.3 Å². The van der Waals surface area contributed by atoms with Crippen molar-refractivity contribution in [2.75, 3.05) is 19.8 Å². The molecular weight excluding hydrogens is 260 g/mol. The van der Waals surface area contributed by atoms with E-state index in [0.29, 0.717) is 6.42 Å². The Bertz CT molecular complexity index is 116. The molecule has 0 fully saturated rings. The van der Waals surface area contributed by atoms with E-state index in [1.165, 1.54) is 6.29 Å². The molecule has 104 valence electrons. The minimum atomic E-state index is -0.428. The van der Waals surface area contributed by atoms with Crippen LogP contribution < -0.4 is 0 Å². The largest absolute Gasteiger partial charge is 0.534 e. The van der Waals surface area contributed by atoms with Gasteiger partial charge in [-0.05, 0) is 27.2 Å². The molecule has 0 aromatic carbocycles. The molecule has 6 heteroatoms. The number of carbonyl (C=O) groups is 1. The number of ketones is 1. The van der Waals surface area contributed by atoms with E-state index >= 15 is 0 Å². The van der Waals surface area contributed by atoms with Crippen LogP contribution in [0.3, 0.4) is 0 Å². The molecule has 0 heterocycles. The van der Waals surface area contributed by atoms with Crippen molar-refractivity contribution >= 4 is 12.1 Å². The summed E-state index contributed by atoms with van der Waals surface area (Å²) in [6, 6.07) is 0. The third kappa shape index (κ3) is 127. The van der Waals surface area contributed by atoms with Gasteiger partial charge in [0.15, 0.2) is 0 Å². The van der Waals surface area contributed by atoms with Crippen LogP contribution in [0, 0.1) is 0 Å². The van der Waals surface area contributed by atoms with Gasteiger partial charge in [0, 0.05) is 47.3 Å². The molecule has 0 bridgehead atoms. The van der Waals surface area contributed by atoms with Gasteiger partial charge in [0.2, 0.25) is 0 Å². The Kier molecular flexibility index (Phi) is 79.1. The maximum atomic E-state index is 9.99. The summed E-state index contributed by atoms with van der Waals surface area (Å²) in [5.74, 6) is -0.428. The molecule has 17 heavy (non-hydrogen) atoms. The predicted octanol–water partition coefficient (Wildman–Crippen LogP) is 0.459. The average molecular weight is 285 g/mol. The third-order valence-electron chi connectivity index (χ3n) is 0.591. The summed E-state index contributed by atoms with van der Waals surface area (Å²) < 4.78 is 0. The first-order valence-corrected chi connectivity index (χ1v) is 5.29. The standard InChI is InChI=1S/C5H7O2.3C2H6O.Ti/c1-2-3-5(7)4-6;3*1-2-3;/h2-3H2,1H3;3*3H,2H2,1H3;/q-1;;;;. The summed E-state index contributed by atoms with van der Waals surface area (Å²) in [6.07, 6.45) is 2.34. The molecule has 0 aliphatic carbocycles. The van der Waals surface area contributed by atoms with Gasteiger partial charge in [0.1, 0.15) is 0 Å². The van der Waals surface area contributed by atoms with Gasteiger partial charge in [-0.2, -0.15) is 6.29 Å². The van der Waals surface area contributed by atoms with Gasteiger partial charge in [-0.15, -0.1) is 0 Å². The molecule has 0 aromatic rings. The zero-order valence-electron chi connectivity index (χ0n) is 11.2. The Hall–Kier alpha value is -0.0657. The van der Waals surface area contributed by atoms with Crippen molar-refractivity contribution in [1.29, 1.82) is 0 Å². The average Bonchev–Trinajstić information content (AvgIpc) is 2.21. The molecule has 0 spiro atoms. The number of hydrogen-bond donors (Lipinski definition) is 3. The van der Waals surface area contributed by atoms with Gasteiger partial charge in [-0.3, -0.25) is 0 Å².